The molecule has 0 saturated carbocycles. The number of rotatable bonds is 4. The Hall–Kier alpha value is -3.40. The Bertz CT molecular complexity index is 999. The van der Waals surface area contributed by atoms with Crippen LogP contribution >= 0.6 is 0 Å². The minimum atomic E-state index is -0.0150. The highest BCUT2D eigenvalue weighted by Gasteiger charge is 2.10. The van der Waals surface area contributed by atoms with Gasteiger partial charge in [0.1, 0.15) is 11.6 Å². The lowest BCUT2D eigenvalue weighted by Crippen LogP contribution is -2.01. The lowest BCUT2D eigenvalue weighted by atomic mass is 10.0. The number of ether oxygens (including phenoxy) is 1. The summed E-state index contributed by atoms with van der Waals surface area (Å²) in [6.45, 7) is 0. The van der Waals surface area contributed by atoms with E-state index in [4.69, 9.17) is 4.74 Å². The molecule has 0 atom stereocenters. The van der Waals surface area contributed by atoms with Gasteiger partial charge in [0.05, 0.1) is 18.1 Å². The molecule has 0 amide bonds. The minimum absolute atomic E-state index is 0.0150. The normalized spacial score (nSPS) is 10.8. The van der Waals surface area contributed by atoms with Crippen LogP contribution in [-0.4, -0.2) is 22.9 Å². The number of H-pyrrole nitrogens is 1. The largest absolute Gasteiger partial charge is 0.497 e. The van der Waals surface area contributed by atoms with Gasteiger partial charge in [0.15, 0.2) is 5.78 Å². The second-order valence-corrected chi connectivity index (χ2v) is 5.74. The van der Waals surface area contributed by atoms with E-state index in [2.05, 4.69) is 9.97 Å². The molecule has 0 aliphatic rings. The number of carbonyl (C=O) groups excluding carboxylic acids is 1. The van der Waals surface area contributed by atoms with Gasteiger partial charge in [0.2, 0.25) is 0 Å². The van der Waals surface area contributed by atoms with Gasteiger partial charge in [0, 0.05) is 16.7 Å². The van der Waals surface area contributed by atoms with Crippen molar-refractivity contribution < 1.29 is 9.53 Å². The predicted octanol–water partition coefficient (Wildman–Crippen LogP) is 4.47. The number of para-hydroxylation sites is 2. The van der Waals surface area contributed by atoms with Crippen LogP contribution in [-0.2, 0) is 0 Å². The smallest absolute Gasteiger partial charge is 0.193 e. The van der Waals surface area contributed by atoms with E-state index >= 15 is 0 Å². The zero-order chi connectivity index (χ0) is 17.2. The molecule has 0 spiro atoms. The molecule has 1 aromatic heterocycles. The van der Waals surface area contributed by atoms with Crippen molar-refractivity contribution in [1.29, 1.82) is 0 Å². The summed E-state index contributed by atoms with van der Waals surface area (Å²) in [6, 6.07) is 22.5. The Balaban J connectivity index is 1.61. The number of ketones is 1. The molecule has 0 fully saturated rings. The van der Waals surface area contributed by atoms with E-state index in [1.54, 1.807) is 31.4 Å². The molecule has 25 heavy (non-hydrogen) atoms. The van der Waals surface area contributed by atoms with Crippen LogP contribution in [0.3, 0.4) is 0 Å². The van der Waals surface area contributed by atoms with Crippen molar-refractivity contribution in [2.75, 3.05) is 7.11 Å². The van der Waals surface area contributed by atoms with Crippen LogP contribution in [0.15, 0.2) is 72.8 Å². The van der Waals surface area contributed by atoms with E-state index in [-0.39, 0.29) is 5.78 Å². The van der Waals surface area contributed by atoms with Gasteiger partial charge in [-0.3, -0.25) is 4.79 Å². The van der Waals surface area contributed by atoms with Crippen LogP contribution < -0.4 is 4.74 Å². The van der Waals surface area contributed by atoms with Gasteiger partial charge >= 0.3 is 0 Å². The number of fused-ring (bicyclic) bond motifs is 1. The third-order valence-corrected chi connectivity index (χ3v) is 4.16. The summed E-state index contributed by atoms with van der Waals surface area (Å²) < 4.78 is 5.12. The lowest BCUT2D eigenvalue weighted by molar-refractivity contribution is 0.103. The minimum Gasteiger partial charge on any atom is -0.497 e. The molecule has 3 aromatic carbocycles. The van der Waals surface area contributed by atoms with E-state index in [0.717, 1.165) is 28.2 Å². The van der Waals surface area contributed by atoms with Crippen molar-refractivity contribution >= 4 is 16.8 Å². The molecule has 0 bridgehead atoms. The Morgan fingerprint density at radius 1 is 0.880 bits per heavy atom. The Kier molecular flexibility index (Phi) is 3.78. The van der Waals surface area contributed by atoms with Gasteiger partial charge in [-0.1, -0.05) is 36.4 Å². The summed E-state index contributed by atoms with van der Waals surface area (Å²) in [4.78, 5) is 20.4. The second-order valence-electron chi connectivity index (χ2n) is 5.74. The molecule has 4 heteroatoms. The van der Waals surface area contributed by atoms with E-state index in [9.17, 15) is 4.79 Å². The van der Waals surface area contributed by atoms with Gasteiger partial charge in [-0.2, -0.15) is 0 Å². The number of aromatic amines is 1. The fraction of sp³-hybridized carbons (Fsp3) is 0.0476. The highest BCUT2D eigenvalue weighted by atomic mass is 16.5. The molecule has 122 valence electrons. The van der Waals surface area contributed by atoms with Crippen LogP contribution in [0.5, 0.6) is 5.75 Å². The van der Waals surface area contributed by atoms with Gasteiger partial charge in [-0.05, 0) is 36.4 Å². The Labute approximate surface area is 145 Å². The third kappa shape index (κ3) is 2.90. The van der Waals surface area contributed by atoms with Crippen molar-refractivity contribution in [3.8, 4) is 17.1 Å². The highest BCUT2D eigenvalue weighted by molar-refractivity contribution is 6.09. The predicted molar refractivity (Wildman–Crippen MR) is 98.0 cm³/mol. The molecule has 0 radical (unpaired) electrons. The summed E-state index contributed by atoms with van der Waals surface area (Å²) in [5.41, 5.74) is 4.15. The standard InChI is InChI=1S/C21H16N2O2/c1-25-17-12-10-15(11-13-17)20(24)14-6-8-16(9-7-14)21-22-18-4-2-3-5-19(18)23-21/h2-13H,1H3,(H,22,23). The first kappa shape index (κ1) is 15.1. The molecule has 1 N–H and O–H groups in total. The zero-order valence-electron chi connectivity index (χ0n) is 13.7. The summed E-state index contributed by atoms with van der Waals surface area (Å²) >= 11 is 0. The Morgan fingerprint density at radius 3 is 2.16 bits per heavy atom. The molecule has 0 unspecified atom stereocenters. The van der Waals surface area contributed by atoms with Gasteiger partial charge in [-0.25, -0.2) is 4.98 Å². The number of aromatic nitrogens is 2. The van der Waals surface area contributed by atoms with Crippen LogP contribution in [0.25, 0.3) is 22.4 Å². The molecular weight excluding hydrogens is 312 g/mol. The van der Waals surface area contributed by atoms with Crippen molar-refractivity contribution in [3.05, 3.63) is 83.9 Å². The maximum Gasteiger partial charge on any atom is 0.193 e. The number of hydrogen-bond donors (Lipinski definition) is 1. The van der Waals surface area contributed by atoms with E-state index in [0.29, 0.717) is 11.1 Å². The maximum atomic E-state index is 12.6. The number of nitrogens with one attached hydrogen (secondary N) is 1. The van der Waals surface area contributed by atoms with Crippen molar-refractivity contribution in [2.24, 2.45) is 0 Å². The monoisotopic (exact) mass is 328 g/mol. The molecular formula is C21H16N2O2. The van der Waals surface area contributed by atoms with Crippen LogP contribution in [0.2, 0.25) is 0 Å². The van der Waals surface area contributed by atoms with E-state index in [1.165, 1.54) is 0 Å². The molecule has 1 heterocycles. The maximum absolute atomic E-state index is 12.6. The first-order chi connectivity index (χ1) is 12.2. The number of carbonyl (C=O) groups is 1. The number of nitrogens with zero attached hydrogens (tertiary/aromatic N) is 1. The quantitative estimate of drug-likeness (QED) is 0.562. The lowest BCUT2D eigenvalue weighted by Gasteiger charge is -2.04. The second kappa shape index (κ2) is 6.24. The topological polar surface area (TPSA) is 55.0 Å². The summed E-state index contributed by atoms with van der Waals surface area (Å²) in [6.07, 6.45) is 0. The summed E-state index contributed by atoms with van der Waals surface area (Å²) in [7, 11) is 1.60. The molecule has 0 saturated heterocycles. The first-order valence-electron chi connectivity index (χ1n) is 7.98. The van der Waals surface area contributed by atoms with E-state index in [1.807, 2.05) is 48.5 Å². The third-order valence-electron chi connectivity index (χ3n) is 4.16. The van der Waals surface area contributed by atoms with Crippen LogP contribution in [0.1, 0.15) is 15.9 Å². The summed E-state index contributed by atoms with van der Waals surface area (Å²) in [5, 5.41) is 0. The summed E-state index contributed by atoms with van der Waals surface area (Å²) in [5.74, 6) is 1.51. The van der Waals surface area contributed by atoms with Gasteiger partial charge in [-0.15, -0.1) is 0 Å². The highest BCUT2D eigenvalue weighted by Crippen LogP contribution is 2.22. The van der Waals surface area contributed by atoms with Crippen LogP contribution in [0.4, 0.5) is 0 Å². The Morgan fingerprint density at radius 2 is 1.52 bits per heavy atom. The average Bonchev–Trinajstić information content (AvgIpc) is 3.12. The molecule has 0 aliphatic carbocycles. The van der Waals surface area contributed by atoms with Gasteiger partial charge in [0.25, 0.3) is 0 Å². The molecule has 4 nitrogen and oxygen atoms in total. The molecule has 0 aliphatic heterocycles. The van der Waals surface area contributed by atoms with E-state index < -0.39 is 0 Å². The van der Waals surface area contributed by atoms with Crippen molar-refractivity contribution in [1.82, 2.24) is 9.97 Å². The SMILES string of the molecule is COc1ccc(C(=O)c2ccc(-c3nc4ccccc4[nH]3)cc2)cc1. The fourth-order valence-corrected chi connectivity index (χ4v) is 2.78. The number of hydrogen-bond acceptors (Lipinski definition) is 3. The average molecular weight is 328 g/mol. The number of benzene rings is 3. The van der Waals surface area contributed by atoms with Crippen LogP contribution in [0, 0.1) is 0 Å². The molecule has 4 aromatic rings. The number of imidazole rings is 1. The number of methoxy groups -OCH3 is 1. The molecule has 4 rings (SSSR count). The fourth-order valence-electron chi connectivity index (χ4n) is 2.78. The van der Waals surface area contributed by atoms with Gasteiger partial charge < -0.3 is 9.72 Å². The first-order valence-corrected chi connectivity index (χ1v) is 7.98. The zero-order valence-corrected chi connectivity index (χ0v) is 13.7. The van der Waals surface area contributed by atoms with Crippen molar-refractivity contribution in [2.45, 2.75) is 0 Å². The van der Waals surface area contributed by atoms with Crippen molar-refractivity contribution in [3.63, 3.8) is 0 Å².